The second-order valence-electron chi connectivity index (χ2n) is 6.80. The number of hydrogen-bond donors (Lipinski definition) is 1. The van der Waals surface area contributed by atoms with E-state index in [4.69, 9.17) is 4.74 Å². The van der Waals surface area contributed by atoms with Crippen LogP contribution in [0.1, 0.15) is 19.3 Å². The molecule has 2 amide bonds. The number of benzene rings is 2. The van der Waals surface area contributed by atoms with Gasteiger partial charge in [0.15, 0.2) is 0 Å². The molecular formula is C21H19N3O5S. The first-order chi connectivity index (χ1) is 14.4. The zero-order chi connectivity index (χ0) is 21.3. The fourth-order valence-corrected chi connectivity index (χ4v) is 4.70. The van der Waals surface area contributed by atoms with Crippen LogP contribution in [0.5, 0.6) is 5.75 Å². The molecule has 0 radical (unpaired) electrons. The van der Waals surface area contributed by atoms with Gasteiger partial charge in [0, 0.05) is 24.4 Å². The Morgan fingerprint density at radius 3 is 2.50 bits per heavy atom. The highest BCUT2D eigenvalue weighted by Gasteiger charge is 2.30. The molecule has 2 aromatic carbocycles. The number of nitrogens with zero attached hydrogens (tertiary/aromatic N) is 2. The van der Waals surface area contributed by atoms with Crippen LogP contribution in [0.2, 0.25) is 0 Å². The average molecular weight is 425 g/mol. The summed E-state index contributed by atoms with van der Waals surface area (Å²) in [7, 11) is -2.76. The van der Waals surface area contributed by atoms with Crippen molar-refractivity contribution in [2.75, 3.05) is 16.7 Å². The van der Waals surface area contributed by atoms with Crippen molar-refractivity contribution in [2.24, 2.45) is 0 Å². The minimum Gasteiger partial charge on any atom is -0.495 e. The number of methoxy groups -OCH3 is 1. The summed E-state index contributed by atoms with van der Waals surface area (Å²) in [6, 6.07) is 13.0. The van der Waals surface area contributed by atoms with Gasteiger partial charge in [0.05, 0.1) is 24.0 Å². The number of imide groups is 1. The fraction of sp³-hybridized carbons (Fsp3) is 0.190. The molecule has 8 nitrogen and oxygen atoms in total. The highest BCUT2D eigenvalue weighted by molar-refractivity contribution is 7.92. The number of para-hydroxylation sites is 1. The highest BCUT2D eigenvalue weighted by atomic mass is 32.2. The van der Waals surface area contributed by atoms with Crippen molar-refractivity contribution >= 4 is 44.1 Å². The molecular weight excluding hydrogens is 406 g/mol. The third-order valence-corrected chi connectivity index (χ3v) is 6.24. The van der Waals surface area contributed by atoms with Gasteiger partial charge in [0.1, 0.15) is 10.6 Å². The van der Waals surface area contributed by atoms with Gasteiger partial charge in [0.25, 0.3) is 10.0 Å². The maximum absolute atomic E-state index is 13.2. The lowest BCUT2D eigenvalue weighted by molar-refractivity contribution is -0.129. The van der Waals surface area contributed by atoms with E-state index in [1.807, 2.05) is 12.1 Å². The first-order valence-electron chi connectivity index (χ1n) is 9.31. The number of aromatic nitrogens is 1. The largest absolute Gasteiger partial charge is 0.495 e. The predicted molar refractivity (Wildman–Crippen MR) is 112 cm³/mol. The van der Waals surface area contributed by atoms with Crippen molar-refractivity contribution in [1.82, 2.24) is 4.98 Å². The van der Waals surface area contributed by atoms with E-state index in [-0.39, 0.29) is 41.0 Å². The van der Waals surface area contributed by atoms with Crippen LogP contribution in [0.25, 0.3) is 10.9 Å². The minimum atomic E-state index is -4.11. The van der Waals surface area contributed by atoms with E-state index in [0.717, 1.165) is 10.3 Å². The van der Waals surface area contributed by atoms with Crippen LogP contribution in [0, 0.1) is 0 Å². The van der Waals surface area contributed by atoms with Crippen molar-refractivity contribution < 1.29 is 22.7 Å². The Kier molecular flexibility index (Phi) is 5.13. The van der Waals surface area contributed by atoms with E-state index in [2.05, 4.69) is 9.71 Å². The zero-order valence-electron chi connectivity index (χ0n) is 16.2. The maximum Gasteiger partial charge on any atom is 0.265 e. The van der Waals surface area contributed by atoms with Gasteiger partial charge in [0.2, 0.25) is 11.8 Å². The van der Waals surface area contributed by atoms with Gasteiger partial charge in [-0.25, -0.2) is 8.42 Å². The third kappa shape index (κ3) is 3.59. The molecule has 0 spiro atoms. The van der Waals surface area contributed by atoms with Crippen molar-refractivity contribution in [1.29, 1.82) is 0 Å². The van der Waals surface area contributed by atoms with Crippen molar-refractivity contribution in [3.63, 3.8) is 0 Å². The number of hydrogen-bond acceptors (Lipinski definition) is 6. The van der Waals surface area contributed by atoms with Crippen molar-refractivity contribution in [2.45, 2.75) is 24.2 Å². The first-order valence-corrected chi connectivity index (χ1v) is 10.8. The molecule has 1 saturated heterocycles. The van der Waals surface area contributed by atoms with Gasteiger partial charge in [-0.15, -0.1) is 0 Å². The number of ether oxygens (including phenoxy) is 1. The van der Waals surface area contributed by atoms with Crippen molar-refractivity contribution in [3.05, 3.63) is 54.7 Å². The van der Waals surface area contributed by atoms with Gasteiger partial charge in [-0.2, -0.15) is 0 Å². The normalized spacial score (nSPS) is 14.8. The zero-order valence-corrected chi connectivity index (χ0v) is 17.0. The molecule has 0 bridgehead atoms. The number of piperidine rings is 1. The number of carbonyl (C=O) groups excluding carboxylic acids is 2. The molecule has 9 heteroatoms. The summed E-state index contributed by atoms with van der Waals surface area (Å²) in [4.78, 5) is 29.6. The molecule has 1 aliphatic rings. The summed E-state index contributed by atoms with van der Waals surface area (Å²) in [6.45, 7) is 0. The van der Waals surface area contributed by atoms with Crippen LogP contribution in [0.15, 0.2) is 59.6 Å². The Balaban J connectivity index is 1.78. The quantitative estimate of drug-likeness (QED) is 0.630. The van der Waals surface area contributed by atoms with E-state index in [1.54, 1.807) is 24.4 Å². The molecule has 2 heterocycles. The lowest BCUT2D eigenvalue weighted by Gasteiger charge is -2.25. The van der Waals surface area contributed by atoms with Crippen LogP contribution in [-0.4, -0.2) is 32.3 Å². The lowest BCUT2D eigenvalue weighted by Crippen LogP contribution is -2.40. The molecule has 3 aromatic rings. The second kappa shape index (κ2) is 7.75. The van der Waals surface area contributed by atoms with Crippen LogP contribution >= 0.6 is 0 Å². The number of carbonyl (C=O) groups is 2. The summed E-state index contributed by atoms with van der Waals surface area (Å²) in [5, 5.41) is 0.780. The molecule has 0 aliphatic carbocycles. The third-order valence-electron chi connectivity index (χ3n) is 4.85. The summed E-state index contributed by atoms with van der Waals surface area (Å²) in [5.74, 6) is -0.617. The summed E-state index contributed by atoms with van der Waals surface area (Å²) in [5.41, 5.74) is 1.01. The molecule has 1 N–H and O–H groups in total. The Labute approximate surface area is 173 Å². The molecule has 0 saturated carbocycles. The van der Waals surface area contributed by atoms with Crippen LogP contribution < -0.4 is 14.4 Å². The van der Waals surface area contributed by atoms with Crippen molar-refractivity contribution in [3.8, 4) is 5.75 Å². The Hall–Kier alpha value is -3.46. The van der Waals surface area contributed by atoms with Gasteiger partial charge in [-0.1, -0.05) is 18.2 Å². The minimum absolute atomic E-state index is 0.0938. The molecule has 154 valence electrons. The Bertz CT molecular complexity index is 1240. The van der Waals surface area contributed by atoms with Crippen LogP contribution in [0.4, 0.5) is 11.4 Å². The topological polar surface area (TPSA) is 106 Å². The van der Waals surface area contributed by atoms with E-state index >= 15 is 0 Å². The first kappa shape index (κ1) is 19.8. The number of pyridine rings is 1. The van der Waals surface area contributed by atoms with Crippen LogP contribution in [0.3, 0.4) is 0 Å². The molecule has 30 heavy (non-hydrogen) atoms. The van der Waals surface area contributed by atoms with Gasteiger partial charge in [-0.3, -0.25) is 24.2 Å². The summed E-state index contributed by atoms with van der Waals surface area (Å²) < 4.78 is 34.2. The average Bonchev–Trinajstić information content (AvgIpc) is 2.73. The van der Waals surface area contributed by atoms with Crippen LogP contribution in [-0.2, 0) is 19.6 Å². The highest BCUT2D eigenvalue weighted by Crippen LogP contribution is 2.33. The fourth-order valence-electron chi connectivity index (χ4n) is 3.44. The molecule has 1 aromatic heterocycles. The molecule has 1 fully saturated rings. The van der Waals surface area contributed by atoms with Gasteiger partial charge in [-0.05, 0) is 36.8 Å². The van der Waals surface area contributed by atoms with E-state index < -0.39 is 10.0 Å². The summed E-state index contributed by atoms with van der Waals surface area (Å²) in [6.07, 6.45) is 2.54. The van der Waals surface area contributed by atoms with Gasteiger partial charge < -0.3 is 4.74 Å². The molecule has 0 atom stereocenters. The molecule has 4 rings (SSSR count). The number of sulfonamides is 1. The second-order valence-corrected chi connectivity index (χ2v) is 8.45. The van der Waals surface area contributed by atoms with E-state index in [0.29, 0.717) is 17.6 Å². The Morgan fingerprint density at radius 1 is 1.03 bits per heavy atom. The predicted octanol–water partition coefficient (Wildman–Crippen LogP) is 3.09. The Morgan fingerprint density at radius 2 is 1.77 bits per heavy atom. The number of nitrogens with one attached hydrogen (secondary N) is 1. The molecule has 1 aliphatic heterocycles. The van der Waals surface area contributed by atoms with E-state index in [1.165, 1.54) is 25.3 Å². The standard InChI is InChI=1S/C21H19N3O5S/c1-29-17-11-10-15(24-19(25)8-3-9-20(24)26)13-18(17)30(27,28)23-16-7-2-5-14-6-4-12-22-21(14)16/h2,4-7,10-13,23H,3,8-9H2,1H3. The number of rotatable bonds is 5. The molecule has 0 unspecified atom stereocenters. The smallest absolute Gasteiger partial charge is 0.265 e. The lowest BCUT2D eigenvalue weighted by atomic mass is 10.1. The SMILES string of the molecule is COc1ccc(N2C(=O)CCCC2=O)cc1S(=O)(=O)Nc1cccc2cccnc12. The maximum atomic E-state index is 13.2. The van der Waals surface area contributed by atoms with Gasteiger partial charge >= 0.3 is 0 Å². The summed E-state index contributed by atoms with van der Waals surface area (Å²) >= 11 is 0. The number of fused-ring (bicyclic) bond motifs is 1. The number of anilines is 2. The monoisotopic (exact) mass is 425 g/mol. The van der Waals surface area contributed by atoms with E-state index in [9.17, 15) is 18.0 Å². The number of amides is 2.